The van der Waals surface area contributed by atoms with Crippen LogP contribution in [-0.4, -0.2) is 66.0 Å². The zero-order valence-electron chi connectivity index (χ0n) is 15.1. The second-order valence-corrected chi connectivity index (χ2v) is 9.51. The largest absolute Gasteiger partial charge is 0.315 e. The van der Waals surface area contributed by atoms with Gasteiger partial charge in [-0.05, 0) is 44.3 Å². The molecule has 3 aromatic rings. The molecular weight excluding hydrogens is 384 g/mol. The van der Waals surface area contributed by atoms with Crippen molar-refractivity contribution in [3.05, 3.63) is 36.0 Å². The zero-order chi connectivity index (χ0) is 19.0. The fourth-order valence-electron chi connectivity index (χ4n) is 2.87. The summed E-state index contributed by atoms with van der Waals surface area (Å²) >= 11 is 1.39. The monoisotopic (exact) mass is 404 g/mol. The Hall–Kier alpha value is -2.14. The van der Waals surface area contributed by atoms with Crippen molar-refractivity contribution in [1.29, 1.82) is 0 Å². The van der Waals surface area contributed by atoms with Gasteiger partial charge in [0.15, 0.2) is 10.9 Å². The molecular formula is C17H20N6O2S2. The van der Waals surface area contributed by atoms with Crippen molar-refractivity contribution >= 4 is 42.5 Å². The summed E-state index contributed by atoms with van der Waals surface area (Å²) in [6, 6.07) is 8.78. The van der Waals surface area contributed by atoms with Crippen molar-refractivity contribution in [1.82, 2.24) is 24.4 Å². The Kier molecular flexibility index (Phi) is 4.81. The van der Waals surface area contributed by atoms with Crippen LogP contribution in [0.2, 0.25) is 0 Å². The topological polar surface area (TPSA) is 91.3 Å². The first kappa shape index (κ1) is 18.2. The third kappa shape index (κ3) is 3.79. The molecule has 142 valence electrons. The molecule has 0 amide bonds. The smallest absolute Gasteiger partial charge is 0.243 e. The van der Waals surface area contributed by atoms with Crippen LogP contribution in [0.25, 0.3) is 10.2 Å². The fraction of sp³-hybridized carbons (Fsp3) is 0.353. The molecule has 1 N–H and O–H groups in total. The van der Waals surface area contributed by atoms with Crippen LogP contribution in [-0.2, 0) is 10.0 Å². The lowest BCUT2D eigenvalue weighted by Gasteiger charge is -2.31. The molecule has 2 aromatic heterocycles. The number of rotatable bonds is 4. The fourth-order valence-corrected chi connectivity index (χ4v) is 5.31. The highest BCUT2D eigenvalue weighted by atomic mass is 32.2. The van der Waals surface area contributed by atoms with Gasteiger partial charge in [0.25, 0.3) is 0 Å². The van der Waals surface area contributed by atoms with Crippen LogP contribution >= 0.6 is 11.3 Å². The molecule has 0 aliphatic carbocycles. The number of aryl methyl sites for hydroxylation is 1. The maximum absolute atomic E-state index is 12.9. The lowest BCUT2D eigenvalue weighted by Crippen LogP contribution is -2.46. The zero-order valence-corrected chi connectivity index (χ0v) is 16.7. The molecule has 1 fully saturated rings. The predicted octanol–water partition coefficient (Wildman–Crippen LogP) is 2.07. The number of benzene rings is 1. The number of anilines is 2. The van der Waals surface area contributed by atoms with Gasteiger partial charge in [0.2, 0.25) is 10.0 Å². The van der Waals surface area contributed by atoms with E-state index in [9.17, 15) is 8.42 Å². The molecule has 1 aliphatic heterocycles. The van der Waals surface area contributed by atoms with E-state index >= 15 is 0 Å². The molecule has 1 aliphatic rings. The van der Waals surface area contributed by atoms with Crippen molar-refractivity contribution in [2.75, 3.05) is 38.5 Å². The predicted molar refractivity (Wildman–Crippen MR) is 106 cm³/mol. The summed E-state index contributed by atoms with van der Waals surface area (Å²) in [5.74, 6) is 0.602. The maximum atomic E-state index is 12.9. The van der Waals surface area contributed by atoms with Crippen LogP contribution in [0.5, 0.6) is 0 Å². The van der Waals surface area contributed by atoms with E-state index in [4.69, 9.17) is 0 Å². The molecule has 0 radical (unpaired) electrons. The Morgan fingerprint density at radius 3 is 2.56 bits per heavy atom. The Labute approximate surface area is 161 Å². The molecule has 0 saturated carbocycles. The molecule has 0 spiro atoms. The number of sulfonamides is 1. The number of nitrogens with zero attached hydrogens (tertiary/aromatic N) is 5. The van der Waals surface area contributed by atoms with E-state index in [0.717, 1.165) is 29.0 Å². The second kappa shape index (κ2) is 7.12. The lowest BCUT2D eigenvalue weighted by atomic mass is 10.3. The molecule has 0 atom stereocenters. The number of fused-ring (bicyclic) bond motifs is 1. The summed E-state index contributed by atoms with van der Waals surface area (Å²) in [5.41, 5.74) is 1.59. The van der Waals surface area contributed by atoms with E-state index in [1.54, 1.807) is 22.5 Å². The SMILES string of the molecule is Cc1ccc(Nc2nc3ccc(S(=O)(=O)N4CCN(C)CC4)cc3s2)nn1. The molecule has 4 rings (SSSR count). The first-order chi connectivity index (χ1) is 12.9. The minimum atomic E-state index is -3.49. The highest BCUT2D eigenvalue weighted by Crippen LogP contribution is 2.30. The third-order valence-electron chi connectivity index (χ3n) is 4.49. The normalized spacial score (nSPS) is 16.7. The first-order valence-corrected chi connectivity index (χ1v) is 10.8. The molecule has 8 nitrogen and oxygen atoms in total. The number of hydrogen-bond acceptors (Lipinski definition) is 8. The average molecular weight is 405 g/mol. The van der Waals surface area contributed by atoms with Crippen LogP contribution in [0.1, 0.15) is 5.69 Å². The molecule has 3 heterocycles. The van der Waals surface area contributed by atoms with Gasteiger partial charge in [0, 0.05) is 26.2 Å². The van der Waals surface area contributed by atoms with Gasteiger partial charge >= 0.3 is 0 Å². The van der Waals surface area contributed by atoms with Crippen molar-refractivity contribution in [3.63, 3.8) is 0 Å². The van der Waals surface area contributed by atoms with E-state index in [1.807, 2.05) is 26.1 Å². The van der Waals surface area contributed by atoms with E-state index in [0.29, 0.717) is 28.9 Å². The number of aromatic nitrogens is 3. The molecule has 1 saturated heterocycles. The average Bonchev–Trinajstić information content (AvgIpc) is 3.05. The summed E-state index contributed by atoms with van der Waals surface area (Å²) in [6.45, 7) is 4.38. The van der Waals surface area contributed by atoms with Gasteiger partial charge in [0.05, 0.1) is 20.8 Å². The van der Waals surface area contributed by atoms with Gasteiger partial charge in [-0.25, -0.2) is 13.4 Å². The molecule has 27 heavy (non-hydrogen) atoms. The summed E-state index contributed by atoms with van der Waals surface area (Å²) in [4.78, 5) is 6.94. The Bertz CT molecular complexity index is 1060. The number of thiazole rings is 1. The van der Waals surface area contributed by atoms with E-state index in [1.165, 1.54) is 11.3 Å². The van der Waals surface area contributed by atoms with Crippen molar-refractivity contribution < 1.29 is 8.42 Å². The van der Waals surface area contributed by atoms with Crippen molar-refractivity contribution in [3.8, 4) is 0 Å². The van der Waals surface area contributed by atoms with Gasteiger partial charge in [-0.2, -0.15) is 9.40 Å². The molecule has 0 bridgehead atoms. The highest BCUT2D eigenvalue weighted by molar-refractivity contribution is 7.89. The lowest BCUT2D eigenvalue weighted by molar-refractivity contribution is 0.222. The second-order valence-electron chi connectivity index (χ2n) is 6.54. The summed E-state index contributed by atoms with van der Waals surface area (Å²) < 4.78 is 28.2. The first-order valence-electron chi connectivity index (χ1n) is 8.58. The summed E-state index contributed by atoms with van der Waals surface area (Å²) in [7, 11) is -1.49. The Morgan fingerprint density at radius 1 is 1.07 bits per heavy atom. The summed E-state index contributed by atoms with van der Waals surface area (Å²) in [5, 5.41) is 11.8. The Morgan fingerprint density at radius 2 is 1.85 bits per heavy atom. The quantitative estimate of drug-likeness (QED) is 0.712. The number of hydrogen-bond donors (Lipinski definition) is 1. The number of nitrogens with one attached hydrogen (secondary N) is 1. The van der Waals surface area contributed by atoms with Gasteiger partial charge in [0.1, 0.15) is 0 Å². The van der Waals surface area contributed by atoms with E-state index in [-0.39, 0.29) is 0 Å². The number of piperazine rings is 1. The maximum Gasteiger partial charge on any atom is 0.243 e. The van der Waals surface area contributed by atoms with Gasteiger partial charge < -0.3 is 10.2 Å². The van der Waals surface area contributed by atoms with Crippen molar-refractivity contribution in [2.24, 2.45) is 0 Å². The van der Waals surface area contributed by atoms with Gasteiger partial charge in [-0.15, -0.1) is 5.10 Å². The standard InChI is InChI=1S/C17H20N6O2S2/c1-12-3-6-16(21-20-12)19-17-18-14-5-4-13(11-15(14)26-17)27(24,25)23-9-7-22(2)8-10-23/h3-6,11H,7-10H2,1-2H3,(H,18,19,21). The van der Waals surface area contributed by atoms with Crippen LogP contribution in [0.3, 0.4) is 0 Å². The van der Waals surface area contributed by atoms with Crippen LogP contribution in [0.15, 0.2) is 35.2 Å². The molecule has 1 aromatic carbocycles. The minimum Gasteiger partial charge on any atom is -0.315 e. The van der Waals surface area contributed by atoms with Gasteiger partial charge in [-0.3, -0.25) is 0 Å². The minimum absolute atomic E-state index is 0.310. The van der Waals surface area contributed by atoms with Crippen LogP contribution < -0.4 is 5.32 Å². The number of likely N-dealkylation sites (N-methyl/N-ethyl adjacent to an activating group) is 1. The van der Waals surface area contributed by atoms with Crippen LogP contribution in [0.4, 0.5) is 10.9 Å². The van der Waals surface area contributed by atoms with Gasteiger partial charge in [-0.1, -0.05) is 11.3 Å². The third-order valence-corrected chi connectivity index (χ3v) is 7.32. The van der Waals surface area contributed by atoms with E-state index in [2.05, 4.69) is 25.4 Å². The molecule has 0 unspecified atom stereocenters. The Balaban J connectivity index is 1.59. The summed E-state index contributed by atoms with van der Waals surface area (Å²) in [6.07, 6.45) is 0. The molecule has 10 heteroatoms. The van der Waals surface area contributed by atoms with Crippen LogP contribution in [0, 0.1) is 6.92 Å². The van der Waals surface area contributed by atoms with E-state index < -0.39 is 10.0 Å². The highest BCUT2D eigenvalue weighted by Gasteiger charge is 2.27. The van der Waals surface area contributed by atoms with Crippen molar-refractivity contribution in [2.45, 2.75) is 11.8 Å².